The lowest BCUT2D eigenvalue weighted by Crippen LogP contribution is -2.14. The van der Waals surface area contributed by atoms with Crippen LogP contribution in [0.2, 0.25) is 0 Å². The van der Waals surface area contributed by atoms with Crippen LogP contribution < -0.4 is 5.30 Å². The third-order valence-corrected chi connectivity index (χ3v) is 5.18. The predicted octanol–water partition coefficient (Wildman–Crippen LogP) is 4.22. The number of rotatable bonds is 2. The zero-order chi connectivity index (χ0) is 14.4. The van der Waals surface area contributed by atoms with Gasteiger partial charge >= 0.3 is 0 Å². The molecule has 0 amide bonds. The first kappa shape index (κ1) is 14.3. The van der Waals surface area contributed by atoms with E-state index in [0.29, 0.717) is 5.92 Å². The van der Waals surface area contributed by atoms with E-state index in [4.69, 9.17) is 0 Å². The van der Waals surface area contributed by atoms with Crippen LogP contribution in [0, 0.1) is 13.8 Å². The average Bonchev–Trinajstić information content (AvgIpc) is 2.27. The number of benzene rings is 1. The first-order valence-electron chi connectivity index (χ1n) is 6.68. The van der Waals surface area contributed by atoms with Gasteiger partial charge in [0.1, 0.15) is 7.14 Å². The molecule has 0 aliphatic carbocycles. The SMILES string of the molecule is Cc1cc2c(P(C)(C)=O)c(C(C)C)ccc2nc1C. The van der Waals surface area contributed by atoms with Gasteiger partial charge in [-0.15, -0.1) is 0 Å². The van der Waals surface area contributed by atoms with Crippen LogP contribution in [0.4, 0.5) is 0 Å². The highest BCUT2D eigenvalue weighted by Gasteiger charge is 2.21. The van der Waals surface area contributed by atoms with Crippen LogP contribution in [0.5, 0.6) is 0 Å². The molecule has 0 saturated carbocycles. The van der Waals surface area contributed by atoms with E-state index in [0.717, 1.165) is 27.5 Å². The highest BCUT2D eigenvalue weighted by atomic mass is 31.2. The Morgan fingerprint density at radius 2 is 1.79 bits per heavy atom. The molecule has 0 atom stereocenters. The van der Waals surface area contributed by atoms with Crippen molar-refractivity contribution in [3.05, 3.63) is 35.0 Å². The minimum atomic E-state index is -2.33. The molecule has 0 bridgehead atoms. The number of hydrogen-bond acceptors (Lipinski definition) is 2. The van der Waals surface area contributed by atoms with Gasteiger partial charge in [-0.1, -0.05) is 19.9 Å². The molecule has 2 aromatic rings. The maximum absolute atomic E-state index is 12.7. The number of pyridine rings is 1. The maximum atomic E-state index is 12.7. The Morgan fingerprint density at radius 1 is 1.16 bits per heavy atom. The molecule has 0 aliphatic rings. The van der Waals surface area contributed by atoms with Gasteiger partial charge in [0.15, 0.2) is 0 Å². The Hall–Kier alpha value is -1.14. The normalized spacial score (nSPS) is 12.4. The standard InChI is InChI=1S/C16H22NOP/c1-10(2)13-7-8-15-14(16(13)19(5,6)18)9-11(3)12(4)17-15/h7-10H,1-6H3. The van der Waals surface area contributed by atoms with Crippen molar-refractivity contribution in [3.63, 3.8) is 0 Å². The first-order valence-corrected chi connectivity index (χ1v) is 9.28. The molecule has 0 unspecified atom stereocenters. The van der Waals surface area contributed by atoms with Gasteiger partial charge in [0.25, 0.3) is 0 Å². The Kier molecular flexibility index (Phi) is 3.57. The number of aromatic nitrogens is 1. The Bertz CT molecular complexity index is 683. The number of aryl methyl sites for hydroxylation is 2. The van der Waals surface area contributed by atoms with Crippen LogP contribution in [0.25, 0.3) is 10.9 Å². The Balaban J connectivity index is 2.95. The highest BCUT2D eigenvalue weighted by Crippen LogP contribution is 2.40. The molecule has 1 aromatic heterocycles. The lowest BCUT2D eigenvalue weighted by atomic mass is 10.00. The maximum Gasteiger partial charge on any atom is 0.110 e. The second-order valence-electron chi connectivity index (χ2n) is 5.97. The van der Waals surface area contributed by atoms with E-state index >= 15 is 0 Å². The topological polar surface area (TPSA) is 30.0 Å². The summed E-state index contributed by atoms with van der Waals surface area (Å²) in [5.41, 5.74) is 4.33. The molecule has 2 nitrogen and oxygen atoms in total. The van der Waals surface area contributed by atoms with E-state index in [1.54, 1.807) is 0 Å². The molecule has 0 radical (unpaired) electrons. The van der Waals surface area contributed by atoms with Crippen LogP contribution in [0.15, 0.2) is 18.2 Å². The van der Waals surface area contributed by atoms with E-state index in [1.165, 1.54) is 5.56 Å². The zero-order valence-electron chi connectivity index (χ0n) is 12.6. The first-order chi connectivity index (χ1) is 8.71. The number of hydrogen-bond donors (Lipinski definition) is 0. The summed E-state index contributed by atoms with van der Waals surface area (Å²) in [6, 6.07) is 6.28. The van der Waals surface area contributed by atoms with Gasteiger partial charge in [0, 0.05) is 16.4 Å². The number of fused-ring (bicyclic) bond motifs is 1. The molecule has 0 aliphatic heterocycles. The number of nitrogens with zero attached hydrogens (tertiary/aromatic N) is 1. The van der Waals surface area contributed by atoms with E-state index in [2.05, 4.69) is 44.0 Å². The van der Waals surface area contributed by atoms with Crippen LogP contribution in [0.3, 0.4) is 0 Å². The van der Waals surface area contributed by atoms with Crippen molar-refractivity contribution in [2.24, 2.45) is 0 Å². The molecule has 0 fully saturated rings. The van der Waals surface area contributed by atoms with Gasteiger partial charge in [-0.05, 0) is 56.4 Å². The molecule has 102 valence electrons. The van der Waals surface area contributed by atoms with Crippen LogP contribution >= 0.6 is 7.14 Å². The minimum absolute atomic E-state index is 0.370. The fourth-order valence-corrected chi connectivity index (χ4v) is 4.22. The van der Waals surface area contributed by atoms with Gasteiger partial charge in [-0.2, -0.15) is 0 Å². The van der Waals surface area contributed by atoms with E-state index < -0.39 is 7.14 Å². The molecule has 0 saturated heterocycles. The second kappa shape index (κ2) is 4.76. The molecule has 1 heterocycles. The fraction of sp³-hybridized carbons (Fsp3) is 0.438. The highest BCUT2D eigenvalue weighted by molar-refractivity contribution is 7.70. The zero-order valence-corrected chi connectivity index (χ0v) is 13.5. The van der Waals surface area contributed by atoms with Gasteiger partial charge in [-0.25, -0.2) is 0 Å². The quantitative estimate of drug-likeness (QED) is 0.768. The Morgan fingerprint density at radius 3 is 2.32 bits per heavy atom. The van der Waals surface area contributed by atoms with E-state index in [1.807, 2.05) is 20.3 Å². The van der Waals surface area contributed by atoms with Gasteiger partial charge in [-0.3, -0.25) is 4.98 Å². The van der Waals surface area contributed by atoms with E-state index in [9.17, 15) is 4.57 Å². The van der Waals surface area contributed by atoms with Gasteiger partial charge < -0.3 is 4.57 Å². The molecule has 0 spiro atoms. The molecule has 19 heavy (non-hydrogen) atoms. The summed E-state index contributed by atoms with van der Waals surface area (Å²) >= 11 is 0. The summed E-state index contributed by atoms with van der Waals surface area (Å²) in [6.07, 6.45) is 0. The lowest BCUT2D eigenvalue weighted by Gasteiger charge is -2.19. The second-order valence-corrected chi connectivity index (χ2v) is 9.12. The van der Waals surface area contributed by atoms with Gasteiger partial charge in [0.05, 0.1) is 5.52 Å². The van der Waals surface area contributed by atoms with Crippen molar-refractivity contribution in [2.45, 2.75) is 33.6 Å². The van der Waals surface area contributed by atoms with Crippen molar-refractivity contribution < 1.29 is 4.57 Å². The summed E-state index contributed by atoms with van der Waals surface area (Å²) in [7, 11) is -2.33. The minimum Gasteiger partial charge on any atom is -0.319 e. The lowest BCUT2D eigenvalue weighted by molar-refractivity contribution is 0.588. The molecular weight excluding hydrogens is 253 g/mol. The summed E-state index contributed by atoms with van der Waals surface area (Å²) in [4.78, 5) is 4.63. The molecule has 3 heteroatoms. The molecular formula is C16H22NOP. The average molecular weight is 275 g/mol. The summed E-state index contributed by atoms with van der Waals surface area (Å²) in [5, 5.41) is 2.07. The van der Waals surface area contributed by atoms with Crippen LogP contribution in [-0.2, 0) is 4.57 Å². The Labute approximate surface area is 115 Å². The van der Waals surface area contributed by atoms with Crippen molar-refractivity contribution in [1.29, 1.82) is 0 Å². The largest absolute Gasteiger partial charge is 0.319 e. The molecule has 2 rings (SSSR count). The van der Waals surface area contributed by atoms with Crippen molar-refractivity contribution in [2.75, 3.05) is 13.3 Å². The predicted molar refractivity (Wildman–Crippen MR) is 84.4 cm³/mol. The molecule has 0 N–H and O–H groups in total. The summed E-state index contributed by atoms with van der Waals surface area (Å²) in [6.45, 7) is 12.1. The third-order valence-electron chi connectivity index (χ3n) is 3.61. The fourth-order valence-electron chi connectivity index (χ4n) is 2.51. The third kappa shape index (κ3) is 2.60. The van der Waals surface area contributed by atoms with Crippen LogP contribution in [-0.4, -0.2) is 18.3 Å². The van der Waals surface area contributed by atoms with Crippen LogP contribution in [0.1, 0.15) is 36.6 Å². The summed E-state index contributed by atoms with van der Waals surface area (Å²) in [5.74, 6) is 0.370. The smallest absolute Gasteiger partial charge is 0.110 e. The van der Waals surface area contributed by atoms with Crippen molar-refractivity contribution >= 4 is 23.3 Å². The van der Waals surface area contributed by atoms with Crippen molar-refractivity contribution in [3.8, 4) is 0 Å². The summed E-state index contributed by atoms with van der Waals surface area (Å²) < 4.78 is 12.7. The molecule has 1 aromatic carbocycles. The van der Waals surface area contributed by atoms with Crippen molar-refractivity contribution in [1.82, 2.24) is 4.98 Å². The van der Waals surface area contributed by atoms with Gasteiger partial charge in [0.2, 0.25) is 0 Å². The van der Waals surface area contributed by atoms with E-state index in [-0.39, 0.29) is 0 Å². The monoisotopic (exact) mass is 275 g/mol.